The van der Waals surface area contributed by atoms with Gasteiger partial charge in [-0.25, -0.2) is 4.79 Å². The topological polar surface area (TPSA) is 79.1 Å². The van der Waals surface area contributed by atoms with Crippen LogP contribution in [0, 0.1) is 5.92 Å². The van der Waals surface area contributed by atoms with Gasteiger partial charge in [0.15, 0.2) is 6.61 Å². The number of rotatable bonds is 6. The lowest BCUT2D eigenvalue weighted by atomic mass is 9.96. The van der Waals surface area contributed by atoms with E-state index in [0.717, 1.165) is 6.42 Å². The molecular weight excluding hydrogens is 305 g/mol. The summed E-state index contributed by atoms with van der Waals surface area (Å²) in [4.78, 5) is 10.5. The first kappa shape index (κ1) is 16.6. The normalized spacial score (nSPS) is 13.1. The summed E-state index contributed by atoms with van der Waals surface area (Å²) in [7, 11) is 0. The monoisotopic (exact) mass is 319 g/mol. The van der Waals surface area contributed by atoms with Gasteiger partial charge in [0, 0.05) is 11.5 Å². The van der Waals surface area contributed by atoms with Crippen LogP contribution < -0.4 is 4.74 Å². The summed E-state index contributed by atoms with van der Waals surface area (Å²) in [5, 5.41) is 21.2. The van der Waals surface area contributed by atoms with Crippen molar-refractivity contribution in [2.45, 2.75) is 20.3 Å². The van der Waals surface area contributed by atoms with E-state index in [1.54, 1.807) is 6.07 Å². The molecule has 1 aromatic carbocycles. The third-order valence-electron chi connectivity index (χ3n) is 2.86. The summed E-state index contributed by atoms with van der Waals surface area (Å²) in [6.07, 6.45) is 0.768. The van der Waals surface area contributed by atoms with Crippen molar-refractivity contribution >= 4 is 34.9 Å². The molecule has 0 saturated carbocycles. The van der Waals surface area contributed by atoms with Gasteiger partial charge < -0.3 is 15.1 Å². The number of halogens is 2. The minimum atomic E-state index is -1.11. The smallest absolute Gasteiger partial charge is 0.341 e. The molecule has 20 heavy (non-hydrogen) atoms. The van der Waals surface area contributed by atoms with Gasteiger partial charge in [-0.05, 0) is 18.6 Å². The van der Waals surface area contributed by atoms with E-state index >= 15 is 0 Å². The maximum absolute atomic E-state index is 10.5. The maximum Gasteiger partial charge on any atom is 0.341 e. The molecule has 110 valence electrons. The Morgan fingerprint density at radius 3 is 2.55 bits per heavy atom. The van der Waals surface area contributed by atoms with Crippen LogP contribution in [0.1, 0.15) is 25.8 Å². The second-order valence-electron chi connectivity index (χ2n) is 4.22. The van der Waals surface area contributed by atoms with Crippen LogP contribution in [0.5, 0.6) is 5.75 Å². The number of benzene rings is 1. The fourth-order valence-corrected chi connectivity index (χ4v) is 2.06. The van der Waals surface area contributed by atoms with Crippen LogP contribution in [0.25, 0.3) is 0 Å². The van der Waals surface area contributed by atoms with Crippen LogP contribution in [-0.4, -0.2) is 28.6 Å². The highest BCUT2D eigenvalue weighted by atomic mass is 35.5. The molecule has 0 fully saturated rings. The van der Waals surface area contributed by atoms with Crippen LogP contribution in [0.2, 0.25) is 10.0 Å². The molecule has 0 spiro atoms. The predicted octanol–water partition coefficient (Wildman–Crippen LogP) is 3.68. The summed E-state index contributed by atoms with van der Waals surface area (Å²) >= 11 is 12.2. The number of hydrogen-bond donors (Lipinski definition) is 2. The summed E-state index contributed by atoms with van der Waals surface area (Å²) in [6.45, 7) is 3.34. The van der Waals surface area contributed by atoms with Gasteiger partial charge >= 0.3 is 5.97 Å². The van der Waals surface area contributed by atoms with Crippen molar-refractivity contribution in [3.8, 4) is 5.75 Å². The third kappa shape index (κ3) is 3.77. The molecule has 0 aliphatic rings. The summed E-state index contributed by atoms with van der Waals surface area (Å²) < 4.78 is 5.02. The molecule has 0 saturated heterocycles. The first-order chi connectivity index (χ1) is 9.42. The number of carbonyl (C=O) groups is 1. The van der Waals surface area contributed by atoms with Crippen LogP contribution in [0.15, 0.2) is 17.3 Å². The average Bonchev–Trinajstić information content (AvgIpc) is 2.42. The largest absolute Gasteiger partial charge is 0.480 e. The Morgan fingerprint density at radius 1 is 1.40 bits per heavy atom. The summed E-state index contributed by atoms with van der Waals surface area (Å²) in [5.41, 5.74) is 0.917. The molecule has 1 atom stereocenters. The molecule has 0 heterocycles. The number of nitrogens with zero attached hydrogens (tertiary/aromatic N) is 1. The van der Waals surface area contributed by atoms with Crippen molar-refractivity contribution in [3.05, 3.63) is 27.7 Å². The van der Waals surface area contributed by atoms with E-state index in [4.69, 9.17) is 38.3 Å². The van der Waals surface area contributed by atoms with Crippen molar-refractivity contribution in [2.24, 2.45) is 11.1 Å². The molecule has 1 rings (SSSR count). The number of oxime groups is 1. The van der Waals surface area contributed by atoms with Gasteiger partial charge in [0.05, 0.1) is 10.7 Å². The molecular formula is C13H15Cl2NO4. The molecule has 1 unspecified atom stereocenters. The van der Waals surface area contributed by atoms with E-state index in [9.17, 15) is 4.79 Å². The molecule has 0 aliphatic carbocycles. The fourth-order valence-electron chi connectivity index (χ4n) is 1.59. The Labute approximate surface area is 126 Å². The van der Waals surface area contributed by atoms with Gasteiger partial charge in [-0.1, -0.05) is 42.2 Å². The predicted molar refractivity (Wildman–Crippen MR) is 77.4 cm³/mol. The lowest BCUT2D eigenvalue weighted by Crippen LogP contribution is -2.13. The number of aliphatic carboxylic acids is 1. The Morgan fingerprint density at radius 2 is 2.05 bits per heavy atom. The van der Waals surface area contributed by atoms with Gasteiger partial charge in [-0.2, -0.15) is 0 Å². The number of carboxylic acids is 1. The second-order valence-corrected chi connectivity index (χ2v) is 4.97. The maximum atomic E-state index is 10.5. The van der Waals surface area contributed by atoms with E-state index in [1.807, 2.05) is 13.8 Å². The highest BCUT2D eigenvalue weighted by Gasteiger charge is 2.19. The van der Waals surface area contributed by atoms with E-state index in [0.29, 0.717) is 11.3 Å². The first-order valence-corrected chi connectivity index (χ1v) is 6.72. The number of ether oxygens (including phenoxy) is 1. The van der Waals surface area contributed by atoms with E-state index in [1.165, 1.54) is 6.07 Å². The molecule has 0 aliphatic heterocycles. The zero-order valence-electron chi connectivity index (χ0n) is 11.1. The lowest BCUT2D eigenvalue weighted by Gasteiger charge is -2.15. The third-order valence-corrected chi connectivity index (χ3v) is 3.73. The van der Waals surface area contributed by atoms with Crippen molar-refractivity contribution in [3.63, 3.8) is 0 Å². The molecule has 0 radical (unpaired) electrons. The van der Waals surface area contributed by atoms with Gasteiger partial charge in [0.1, 0.15) is 10.8 Å². The van der Waals surface area contributed by atoms with Gasteiger partial charge in [0.2, 0.25) is 0 Å². The highest BCUT2D eigenvalue weighted by molar-refractivity contribution is 6.45. The van der Waals surface area contributed by atoms with E-state index in [2.05, 4.69) is 5.16 Å². The van der Waals surface area contributed by atoms with Crippen molar-refractivity contribution in [2.75, 3.05) is 6.61 Å². The van der Waals surface area contributed by atoms with Gasteiger partial charge in [-0.15, -0.1) is 0 Å². The van der Waals surface area contributed by atoms with E-state index in [-0.39, 0.29) is 21.7 Å². The number of carboxylic acid groups (broad SMARTS) is 1. The van der Waals surface area contributed by atoms with Crippen LogP contribution in [0.4, 0.5) is 0 Å². The quantitative estimate of drug-likeness (QED) is 0.476. The summed E-state index contributed by atoms with van der Waals surface area (Å²) in [5.74, 6) is -0.943. The SMILES string of the molecule is CCC(C)C(=NO)c1ccc(OCC(=O)O)c(Cl)c1Cl. The minimum Gasteiger partial charge on any atom is -0.480 e. The molecule has 7 heteroatoms. The Kier molecular flexibility index (Phi) is 6.10. The fraction of sp³-hybridized carbons (Fsp3) is 0.385. The zero-order chi connectivity index (χ0) is 15.3. The van der Waals surface area contributed by atoms with Crippen molar-refractivity contribution in [1.82, 2.24) is 0 Å². The van der Waals surface area contributed by atoms with Crippen LogP contribution >= 0.6 is 23.2 Å². The molecule has 5 nitrogen and oxygen atoms in total. The first-order valence-electron chi connectivity index (χ1n) is 5.97. The Balaban J connectivity index is 3.14. The number of hydrogen-bond acceptors (Lipinski definition) is 4. The lowest BCUT2D eigenvalue weighted by molar-refractivity contribution is -0.139. The Bertz CT molecular complexity index is 531. The molecule has 2 N–H and O–H groups in total. The van der Waals surface area contributed by atoms with Crippen LogP contribution in [0.3, 0.4) is 0 Å². The average molecular weight is 320 g/mol. The molecule has 0 bridgehead atoms. The highest BCUT2D eigenvalue weighted by Crippen LogP contribution is 2.36. The van der Waals surface area contributed by atoms with Crippen molar-refractivity contribution < 1.29 is 19.8 Å². The summed E-state index contributed by atoms with van der Waals surface area (Å²) in [6, 6.07) is 3.09. The van der Waals surface area contributed by atoms with Crippen molar-refractivity contribution in [1.29, 1.82) is 0 Å². The van der Waals surface area contributed by atoms with Gasteiger partial charge in [-0.3, -0.25) is 0 Å². The molecule has 0 amide bonds. The standard InChI is InChI=1S/C13H15Cl2NO4/c1-3-7(2)13(16-19)8-4-5-9(12(15)11(8)14)20-6-10(17)18/h4-5,7,19H,3,6H2,1-2H3,(H,17,18). The second kappa shape index (κ2) is 7.36. The van der Waals surface area contributed by atoms with Crippen LogP contribution in [-0.2, 0) is 4.79 Å². The van der Waals surface area contributed by atoms with Gasteiger partial charge in [0.25, 0.3) is 0 Å². The van der Waals surface area contributed by atoms with E-state index < -0.39 is 12.6 Å². The zero-order valence-corrected chi connectivity index (χ0v) is 12.6. The minimum absolute atomic E-state index is 0.000598. The Hall–Kier alpha value is -1.46. The molecule has 1 aromatic rings. The molecule has 0 aromatic heterocycles.